The minimum absolute atomic E-state index is 0.166. The number of aromatic nitrogens is 1. The van der Waals surface area contributed by atoms with Crippen molar-refractivity contribution in [2.45, 2.75) is 6.42 Å². The zero-order valence-electron chi connectivity index (χ0n) is 12.3. The number of phenolic OH excluding ortho intramolecular Hbond substituents is 1. The third kappa shape index (κ3) is 4.63. The maximum atomic E-state index is 11.7. The van der Waals surface area contributed by atoms with Crippen LogP contribution < -0.4 is 10.1 Å². The van der Waals surface area contributed by atoms with E-state index in [2.05, 4.69) is 10.3 Å². The first kappa shape index (κ1) is 15.6. The number of ether oxygens (including phenoxy) is 1. The molecule has 2 rings (SSSR count). The summed E-state index contributed by atoms with van der Waals surface area (Å²) in [7, 11) is 1.54. The molecule has 0 bridgehead atoms. The number of rotatable bonds is 6. The van der Waals surface area contributed by atoms with Crippen molar-refractivity contribution in [3.63, 3.8) is 0 Å². The Morgan fingerprint density at radius 1 is 1.41 bits per heavy atom. The fourth-order valence-corrected chi connectivity index (χ4v) is 1.91. The first-order chi connectivity index (χ1) is 10.7. The van der Waals surface area contributed by atoms with Crippen molar-refractivity contribution in [3.05, 3.63) is 59.9 Å². The monoisotopic (exact) mass is 298 g/mol. The molecule has 1 heterocycles. The molecule has 2 N–H and O–H groups in total. The van der Waals surface area contributed by atoms with Gasteiger partial charge >= 0.3 is 0 Å². The summed E-state index contributed by atoms with van der Waals surface area (Å²) in [6, 6.07) is 8.79. The van der Waals surface area contributed by atoms with E-state index >= 15 is 0 Å². The summed E-state index contributed by atoms with van der Waals surface area (Å²) >= 11 is 0. The molecule has 5 heteroatoms. The first-order valence-electron chi connectivity index (χ1n) is 6.91. The summed E-state index contributed by atoms with van der Waals surface area (Å²) in [5.41, 5.74) is 1.63. The number of aromatic hydroxyl groups is 1. The van der Waals surface area contributed by atoms with Gasteiger partial charge in [-0.15, -0.1) is 0 Å². The lowest BCUT2D eigenvalue weighted by Gasteiger charge is -2.07. The Bertz CT molecular complexity index is 654. The highest BCUT2D eigenvalue weighted by Gasteiger charge is 2.03. The van der Waals surface area contributed by atoms with Crippen molar-refractivity contribution in [1.82, 2.24) is 10.3 Å². The van der Waals surface area contributed by atoms with Gasteiger partial charge in [-0.25, -0.2) is 0 Å². The number of benzene rings is 1. The number of pyridine rings is 1. The van der Waals surface area contributed by atoms with Gasteiger partial charge in [0, 0.05) is 31.1 Å². The Morgan fingerprint density at radius 3 is 2.95 bits per heavy atom. The molecule has 1 amide bonds. The Labute approximate surface area is 129 Å². The fourth-order valence-electron chi connectivity index (χ4n) is 1.91. The number of nitrogens with one attached hydrogen (secondary N) is 1. The Hall–Kier alpha value is -2.82. The number of methoxy groups -OCH3 is 1. The number of nitrogens with zero attached hydrogens (tertiary/aromatic N) is 1. The summed E-state index contributed by atoms with van der Waals surface area (Å²) in [6.07, 6.45) is 7.07. The Balaban J connectivity index is 1.81. The van der Waals surface area contributed by atoms with Crippen LogP contribution in [-0.2, 0) is 11.2 Å². The lowest BCUT2D eigenvalue weighted by atomic mass is 10.1. The molecule has 0 saturated heterocycles. The van der Waals surface area contributed by atoms with Gasteiger partial charge in [0.05, 0.1) is 7.11 Å². The molecule has 0 aliphatic rings. The quantitative estimate of drug-likeness (QED) is 0.802. The molecule has 1 aromatic carbocycles. The normalized spacial score (nSPS) is 10.6. The molecule has 0 atom stereocenters. The zero-order valence-corrected chi connectivity index (χ0v) is 12.3. The third-order valence-electron chi connectivity index (χ3n) is 3.10. The standard InChI is InChI=1S/C17H18N2O3/c1-22-15-6-5-14(16(20)11-15)8-10-19-17(21)7-4-13-3-2-9-18-12-13/h2-7,9,11-12,20H,8,10H2,1H3,(H,19,21). The second-order valence-corrected chi connectivity index (χ2v) is 4.66. The number of phenols is 1. The summed E-state index contributed by atoms with van der Waals surface area (Å²) in [5, 5.41) is 12.6. The van der Waals surface area contributed by atoms with Gasteiger partial charge in [-0.1, -0.05) is 12.1 Å². The number of hydrogen-bond acceptors (Lipinski definition) is 4. The highest BCUT2D eigenvalue weighted by atomic mass is 16.5. The molecule has 0 aliphatic carbocycles. The summed E-state index contributed by atoms with van der Waals surface area (Å²) in [6.45, 7) is 0.441. The van der Waals surface area contributed by atoms with E-state index in [4.69, 9.17) is 4.74 Å². The van der Waals surface area contributed by atoms with Crippen molar-refractivity contribution in [2.75, 3.05) is 13.7 Å². The molecule has 0 saturated carbocycles. The van der Waals surface area contributed by atoms with E-state index in [0.717, 1.165) is 11.1 Å². The number of amides is 1. The predicted molar refractivity (Wildman–Crippen MR) is 84.6 cm³/mol. The number of carbonyl (C=O) groups is 1. The lowest BCUT2D eigenvalue weighted by molar-refractivity contribution is -0.116. The van der Waals surface area contributed by atoms with Gasteiger partial charge in [-0.05, 0) is 35.8 Å². The maximum Gasteiger partial charge on any atom is 0.244 e. The number of carbonyl (C=O) groups excluding carboxylic acids is 1. The van der Waals surface area contributed by atoms with Gasteiger partial charge in [-0.2, -0.15) is 0 Å². The Kier molecular flexibility index (Phi) is 5.54. The average Bonchev–Trinajstić information content (AvgIpc) is 2.55. The summed E-state index contributed by atoms with van der Waals surface area (Å²) in [5.74, 6) is 0.584. The topological polar surface area (TPSA) is 71.5 Å². The van der Waals surface area contributed by atoms with Crippen LogP contribution in [0.2, 0.25) is 0 Å². The largest absolute Gasteiger partial charge is 0.508 e. The van der Waals surface area contributed by atoms with Crippen LogP contribution in [0.4, 0.5) is 0 Å². The van der Waals surface area contributed by atoms with Crippen molar-refractivity contribution >= 4 is 12.0 Å². The van der Waals surface area contributed by atoms with Gasteiger partial charge in [0.2, 0.25) is 5.91 Å². The molecule has 2 aromatic rings. The van der Waals surface area contributed by atoms with Gasteiger partial charge in [0.15, 0.2) is 0 Å². The molecule has 0 aliphatic heterocycles. The SMILES string of the molecule is COc1ccc(CCNC(=O)C=Cc2cccnc2)c(O)c1. The van der Waals surface area contributed by atoms with E-state index in [9.17, 15) is 9.90 Å². The molecular formula is C17H18N2O3. The number of hydrogen-bond donors (Lipinski definition) is 2. The second kappa shape index (κ2) is 7.83. The molecule has 0 spiro atoms. The predicted octanol–water partition coefficient (Wildman–Crippen LogP) is 2.17. The van der Waals surface area contributed by atoms with E-state index in [1.807, 2.05) is 12.1 Å². The molecule has 0 radical (unpaired) electrons. The molecule has 1 aromatic heterocycles. The van der Waals surface area contributed by atoms with E-state index in [1.165, 1.54) is 6.08 Å². The molecule has 22 heavy (non-hydrogen) atoms. The van der Waals surface area contributed by atoms with E-state index in [1.54, 1.807) is 43.8 Å². The second-order valence-electron chi connectivity index (χ2n) is 4.66. The molecular weight excluding hydrogens is 280 g/mol. The van der Waals surface area contributed by atoms with Gasteiger partial charge < -0.3 is 15.2 Å². The molecule has 114 valence electrons. The van der Waals surface area contributed by atoms with Crippen LogP contribution in [0.3, 0.4) is 0 Å². The van der Waals surface area contributed by atoms with E-state index < -0.39 is 0 Å². The fraction of sp³-hybridized carbons (Fsp3) is 0.176. The maximum absolute atomic E-state index is 11.7. The molecule has 0 unspecified atom stereocenters. The van der Waals surface area contributed by atoms with Crippen LogP contribution in [0.1, 0.15) is 11.1 Å². The highest BCUT2D eigenvalue weighted by Crippen LogP contribution is 2.23. The Morgan fingerprint density at radius 2 is 2.27 bits per heavy atom. The molecule has 5 nitrogen and oxygen atoms in total. The first-order valence-corrected chi connectivity index (χ1v) is 6.91. The van der Waals surface area contributed by atoms with Crippen LogP contribution >= 0.6 is 0 Å². The van der Waals surface area contributed by atoms with Crippen molar-refractivity contribution in [2.24, 2.45) is 0 Å². The minimum Gasteiger partial charge on any atom is -0.508 e. The van der Waals surface area contributed by atoms with Gasteiger partial charge in [0.1, 0.15) is 11.5 Å². The van der Waals surface area contributed by atoms with Crippen LogP contribution in [0.25, 0.3) is 6.08 Å². The van der Waals surface area contributed by atoms with Crippen LogP contribution in [0, 0.1) is 0 Å². The van der Waals surface area contributed by atoms with Gasteiger partial charge in [0.25, 0.3) is 0 Å². The van der Waals surface area contributed by atoms with E-state index in [0.29, 0.717) is 18.7 Å². The van der Waals surface area contributed by atoms with Crippen LogP contribution in [0.5, 0.6) is 11.5 Å². The third-order valence-corrected chi connectivity index (χ3v) is 3.10. The van der Waals surface area contributed by atoms with E-state index in [-0.39, 0.29) is 11.7 Å². The van der Waals surface area contributed by atoms with Crippen LogP contribution in [-0.4, -0.2) is 29.7 Å². The summed E-state index contributed by atoms with van der Waals surface area (Å²) in [4.78, 5) is 15.7. The van der Waals surface area contributed by atoms with Crippen molar-refractivity contribution < 1.29 is 14.6 Å². The minimum atomic E-state index is -0.183. The zero-order chi connectivity index (χ0) is 15.8. The highest BCUT2D eigenvalue weighted by molar-refractivity contribution is 5.91. The average molecular weight is 298 g/mol. The summed E-state index contributed by atoms with van der Waals surface area (Å²) < 4.78 is 5.02. The lowest BCUT2D eigenvalue weighted by Crippen LogP contribution is -2.23. The van der Waals surface area contributed by atoms with Crippen molar-refractivity contribution in [1.29, 1.82) is 0 Å². The smallest absolute Gasteiger partial charge is 0.244 e. The van der Waals surface area contributed by atoms with Gasteiger partial charge in [-0.3, -0.25) is 9.78 Å². The van der Waals surface area contributed by atoms with Crippen LogP contribution in [0.15, 0.2) is 48.8 Å². The van der Waals surface area contributed by atoms with Crippen molar-refractivity contribution in [3.8, 4) is 11.5 Å². The molecule has 0 fully saturated rings.